The molecule has 23 heavy (non-hydrogen) atoms. The highest BCUT2D eigenvalue weighted by Gasteiger charge is 2.25. The number of hydrogen-bond acceptors (Lipinski definition) is 4. The second-order valence-corrected chi connectivity index (χ2v) is 6.89. The van der Waals surface area contributed by atoms with Crippen LogP contribution in [-0.4, -0.2) is 24.0 Å². The van der Waals surface area contributed by atoms with E-state index in [1.807, 2.05) is 35.4 Å². The van der Waals surface area contributed by atoms with Crippen molar-refractivity contribution < 1.29 is 9.53 Å². The molecule has 0 aliphatic carbocycles. The van der Waals surface area contributed by atoms with Crippen LogP contribution in [-0.2, 0) is 4.79 Å². The number of hydrogen-bond donors (Lipinski definition) is 0. The standard InChI is InChI=1S/C18H22N2O2S/c1-3-4-5-6-9-20-16-10-14(15-12-23-13(2)19-15)7-8-17(16)22-11-18(20)21/h7-8,10,12H,3-6,9,11H2,1-2H3. The fraction of sp³-hybridized carbons (Fsp3) is 0.444. The van der Waals surface area contributed by atoms with Gasteiger partial charge in [0.15, 0.2) is 6.61 Å². The SMILES string of the molecule is CCCCCCN1C(=O)COc2ccc(-c3csc(C)n3)cc21. The first-order chi connectivity index (χ1) is 11.2. The van der Waals surface area contributed by atoms with E-state index >= 15 is 0 Å². The average Bonchev–Trinajstić information content (AvgIpc) is 2.99. The molecule has 0 radical (unpaired) electrons. The van der Waals surface area contributed by atoms with Gasteiger partial charge >= 0.3 is 0 Å². The second-order valence-electron chi connectivity index (χ2n) is 5.83. The number of benzene rings is 1. The molecule has 0 saturated heterocycles. The number of aryl methyl sites for hydroxylation is 1. The lowest BCUT2D eigenvalue weighted by atomic mass is 10.1. The number of aromatic nitrogens is 1. The van der Waals surface area contributed by atoms with Gasteiger partial charge in [0.25, 0.3) is 5.91 Å². The number of amides is 1. The Balaban J connectivity index is 1.85. The average molecular weight is 330 g/mol. The Kier molecular flexibility index (Phi) is 4.96. The molecule has 0 N–H and O–H groups in total. The summed E-state index contributed by atoms with van der Waals surface area (Å²) in [5.74, 6) is 0.830. The number of ether oxygens (including phenoxy) is 1. The van der Waals surface area contributed by atoms with E-state index in [-0.39, 0.29) is 12.5 Å². The van der Waals surface area contributed by atoms with E-state index in [4.69, 9.17) is 4.74 Å². The van der Waals surface area contributed by atoms with E-state index in [0.29, 0.717) is 0 Å². The first kappa shape index (κ1) is 16.0. The minimum absolute atomic E-state index is 0.0422. The molecule has 0 bridgehead atoms. The van der Waals surface area contributed by atoms with Gasteiger partial charge < -0.3 is 9.64 Å². The molecular weight excluding hydrogens is 308 g/mol. The molecule has 1 aliphatic rings. The van der Waals surface area contributed by atoms with Crippen molar-refractivity contribution in [2.45, 2.75) is 39.5 Å². The van der Waals surface area contributed by atoms with Gasteiger partial charge in [0.2, 0.25) is 0 Å². The molecule has 2 heterocycles. The van der Waals surface area contributed by atoms with E-state index < -0.39 is 0 Å². The van der Waals surface area contributed by atoms with Crippen LogP contribution in [0.3, 0.4) is 0 Å². The lowest BCUT2D eigenvalue weighted by Gasteiger charge is -2.29. The normalized spacial score (nSPS) is 13.8. The zero-order valence-electron chi connectivity index (χ0n) is 13.7. The number of nitrogens with zero attached hydrogens (tertiary/aromatic N) is 2. The van der Waals surface area contributed by atoms with Crippen molar-refractivity contribution >= 4 is 22.9 Å². The van der Waals surface area contributed by atoms with Crippen LogP contribution in [0.5, 0.6) is 5.75 Å². The van der Waals surface area contributed by atoms with Gasteiger partial charge in [0.05, 0.1) is 16.4 Å². The van der Waals surface area contributed by atoms with Gasteiger partial charge in [-0.2, -0.15) is 0 Å². The molecule has 0 spiro atoms. The van der Waals surface area contributed by atoms with Crippen LogP contribution in [0.1, 0.15) is 37.6 Å². The number of rotatable bonds is 6. The van der Waals surface area contributed by atoms with Crippen molar-refractivity contribution in [1.82, 2.24) is 4.98 Å². The summed E-state index contributed by atoms with van der Waals surface area (Å²) in [5.41, 5.74) is 2.87. The quantitative estimate of drug-likeness (QED) is 0.736. The van der Waals surface area contributed by atoms with Crippen LogP contribution in [0.15, 0.2) is 23.6 Å². The predicted octanol–water partition coefficient (Wildman–Crippen LogP) is 4.42. The van der Waals surface area contributed by atoms with E-state index in [2.05, 4.69) is 11.9 Å². The number of thiazole rings is 1. The summed E-state index contributed by atoms with van der Waals surface area (Å²) >= 11 is 1.63. The van der Waals surface area contributed by atoms with Gasteiger partial charge in [-0.1, -0.05) is 26.2 Å². The Morgan fingerprint density at radius 1 is 1.30 bits per heavy atom. The molecule has 5 heteroatoms. The fourth-order valence-electron chi connectivity index (χ4n) is 2.80. The molecule has 2 aromatic rings. The first-order valence-corrected chi connectivity index (χ1v) is 9.06. The summed E-state index contributed by atoms with van der Waals surface area (Å²) in [6.45, 7) is 5.08. The number of carbonyl (C=O) groups is 1. The molecule has 0 saturated carbocycles. The van der Waals surface area contributed by atoms with E-state index in [9.17, 15) is 4.79 Å². The van der Waals surface area contributed by atoms with Gasteiger partial charge in [-0.15, -0.1) is 11.3 Å². The predicted molar refractivity (Wildman–Crippen MR) is 94.3 cm³/mol. The summed E-state index contributed by atoms with van der Waals surface area (Å²) < 4.78 is 5.58. The van der Waals surface area contributed by atoms with Crippen molar-refractivity contribution in [2.24, 2.45) is 0 Å². The topological polar surface area (TPSA) is 42.4 Å². The Morgan fingerprint density at radius 3 is 2.91 bits per heavy atom. The highest BCUT2D eigenvalue weighted by atomic mass is 32.1. The Labute approximate surface area is 141 Å². The van der Waals surface area contributed by atoms with Crippen LogP contribution < -0.4 is 9.64 Å². The molecular formula is C18H22N2O2S. The molecule has 1 aromatic heterocycles. The van der Waals surface area contributed by atoms with Crippen LogP contribution in [0.25, 0.3) is 11.3 Å². The minimum atomic E-state index is 0.0422. The maximum absolute atomic E-state index is 12.3. The van der Waals surface area contributed by atoms with Gasteiger partial charge in [0.1, 0.15) is 5.75 Å². The van der Waals surface area contributed by atoms with Crippen LogP contribution in [0.2, 0.25) is 0 Å². The third-order valence-electron chi connectivity index (χ3n) is 4.05. The molecule has 3 rings (SSSR count). The number of fused-ring (bicyclic) bond motifs is 1. The Hall–Kier alpha value is -1.88. The molecule has 0 fully saturated rings. The smallest absolute Gasteiger partial charge is 0.265 e. The number of unbranched alkanes of at least 4 members (excludes halogenated alkanes) is 3. The fourth-order valence-corrected chi connectivity index (χ4v) is 3.42. The maximum atomic E-state index is 12.3. The van der Waals surface area contributed by atoms with Gasteiger partial charge in [-0.05, 0) is 31.5 Å². The molecule has 0 atom stereocenters. The van der Waals surface area contributed by atoms with Crippen molar-refractivity contribution in [3.8, 4) is 17.0 Å². The molecule has 0 unspecified atom stereocenters. The molecule has 4 nitrogen and oxygen atoms in total. The van der Waals surface area contributed by atoms with Crippen LogP contribution in [0.4, 0.5) is 5.69 Å². The summed E-state index contributed by atoms with van der Waals surface area (Å²) in [4.78, 5) is 18.7. The second kappa shape index (κ2) is 7.13. The number of anilines is 1. The van der Waals surface area contributed by atoms with Crippen molar-refractivity contribution in [3.05, 3.63) is 28.6 Å². The first-order valence-electron chi connectivity index (χ1n) is 8.18. The molecule has 1 aromatic carbocycles. The summed E-state index contributed by atoms with van der Waals surface area (Å²) in [6, 6.07) is 5.99. The molecule has 1 aliphatic heterocycles. The largest absolute Gasteiger partial charge is 0.482 e. The Morgan fingerprint density at radius 2 is 2.17 bits per heavy atom. The summed E-state index contributed by atoms with van der Waals surface area (Å²) in [5, 5.41) is 3.09. The Bertz CT molecular complexity index is 696. The van der Waals surface area contributed by atoms with E-state index in [0.717, 1.165) is 47.1 Å². The van der Waals surface area contributed by atoms with E-state index in [1.54, 1.807) is 11.3 Å². The summed E-state index contributed by atoms with van der Waals surface area (Å²) in [7, 11) is 0. The maximum Gasteiger partial charge on any atom is 0.265 e. The van der Waals surface area contributed by atoms with Gasteiger partial charge in [-0.25, -0.2) is 4.98 Å². The lowest BCUT2D eigenvalue weighted by Crippen LogP contribution is -2.39. The lowest BCUT2D eigenvalue weighted by molar-refractivity contribution is -0.121. The van der Waals surface area contributed by atoms with Crippen molar-refractivity contribution in [2.75, 3.05) is 18.1 Å². The third-order valence-corrected chi connectivity index (χ3v) is 4.83. The van der Waals surface area contributed by atoms with Crippen LogP contribution >= 0.6 is 11.3 Å². The highest BCUT2D eigenvalue weighted by Crippen LogP contribution is 2.36. The minimum Gasteiger partial charge on any atom is -0.482 e. The van der Waals surface area contributed by atoms with Crippen molar-refractivity contribution in [3.63, 3.8) is 0 Å². The molecule has 1 amide bonds. The van der Waals surface area contributed by atoms with E-state index in [1.165, 1.54) is 12.8 Å². The monoisotopic (exact) mass is 330 g/mol. The van der Waals surface area contributed by atoms with Gasteiger partial charge in [0, 0.05) is 17.5 Å². The summed E-state index contributed by atoms with van der Waals surface area (Å²) in [6.07, 6.45) is 4.59. The molecule has 122 valence electrons. The van der Waals surface area contributed by atoms with Gasteiger partial charge in [-0.3, -0.25) is 4.79 Å². The van der Waals surface area contributed by atoms with Crippen LogP contribution in [0, 0.1) is 6.92 Å². The zero-order valence-corrected chi connectivity index (χ0v) is 14.5. The highest BCUT2D eigenvalue weighted by molar-refractivity contribution is 7.09. The third kappa shape index (κ3) is 3.55. The van der Waals surface area contributed by atoms with Crippen molar-refractivity contribution in [1.29, 1.82) is 0 Å². The zero-order chi connectivity index (χ0) is 16.2. The number of carbonyl (C=O) groups excluding carboxylic acids is 1.